The molecule has 1 N–H and O–H groups in total. The van der Waals surface area contributed by atoms with Crippen molar-refractivity contribution in [3.8, 4) is 0 Å². The van der Waals surface area contributed by atoms with E-state index in [1.54, 1.807) is 6.20 Å². The fraction of sp³-hybridized carbons (Fsp3) is 0.462. The van der Waals surface area contributed by atoms with Crippen LogP contribution in [-0.4, -0.2) is 19.7 Å². The van der Waals surface area contributed by atoms with Gasteiger partial charge in [0.1, 0.15) is 5.82 Å². The largest absolute Gasteiger partial charge is 0.306 e. The predicted octanol–water partition coefficient (Wildman–Crippen LogP) is 1.60. The van der Waals surface area contributed by atoms with Crippen molar-refractivity contribution in [1.29, 1.82) is 0 Å². The van der Waals surface area contributed by atoms with E-state index in [2.05, 4.69) is 33.4 Å². The third-order valence-electron chi connectivity index (χ3n) is 2.73. The Bertz CT molecular complexity index is 518. The van der Waals surface area contributed by atoms with Crippen LogP contribution in [0.3, 0.4) is 0 Å². The maximum atomic E-state index is 4.42. The van der Waals surface area contributed by atoms with Crippen molar-refractivity contribution >= 4 is 0 Å². The summed E-state index contributed by atoms with van der Waals surface area (Å²) in [6.07, 6.45) is 1.79. The minimum atomic E-state index is 0.747. The second kappa shape index (κ2) is 5.73. The summed E-state index contributed by atoms with van der Waals surface area (Å²) >= 11 is 0. The van der Waals surface area contributed by atoms with E-state index in [0.717, 1.165) is 36.8 Å². The van der Waals surface area contributed by atoms with Crippen molar-refractivity contribution in [3.05, 3.63) is 41.2 Å². The van der Waals surface area contributed by atoms with E-state index in [4.69, 9.17) is 0 Å². The van der Waals surface area contributed by atoms with Crippen LogP contribution in [0.2, 0.25) is 0 Å². The van der Waals surface area contributed by atoms with Gasteiger partial charge >= 0.3 is 0 Å². The lowest BCUT2D eigenvalue weighted by Gasteiger charge is -2.06. The van der Waals surface area contributed by atoms with Gasteiger partial charge in [-0.25, -0.2) is 9.97 Å². The lowest BCUT2D eigenvalue weighted by atomic mass is 10.3. The average Bonchev–Trinajstić information content (AvgIpc) is 2.70. The fourth-order valence-corrected chi connectivity index (χ4v) is 1.94. The monoisotopic (exact) mass is 245 g/mol. The van der Waals surface area contributed by atoms with E-state index in [-0.39, 0.29) is 0 Å². The zero-order valence-corrected chi connectivity index (χ0v) is 11.1. The Hall–Kier alpha value is -1.75. The topological polar surface area (TPSA) is 55.6 Å². The number of nitrogens with zero attached hydrogens (tertiary/aromatic N) is 4. The Balaban J connectivity index is 1.92. The molecular weight excluding hydrogens is 226 g/mol. The molecule has 2 heterocycles. The zero-order valence-electron chi connectivity index (χ0n) is 11.1. The van der Waals surface area contributed by atoms with Crippen LogP contribution in [0, 0.1) is 13.8 Å². The van der Waals surface area contributed by atoms with Crippen molar-refractivity contribution in [3.63, 3.8) is 0 Å². The van der Waals surface area contributed by atoms with Crippen LogP contribution in [0.4, 0.5) is 0 Å². The number of hydrogen-bond acceptors (Lipinski definition) is 4. The van der Waals surface area contributed by atoms with Crippen molar-refractivity contribution in [2.24, 2.45) is 0 Å². The molecule has 0 saturated carbocycles. The molecule has 0 bridgehead atoms. The third-order valence-corrected chi connectivity index (χ3v) is 2.73. The van der Waals surface area contributed by atoms with Crippen LogP contribution in [-0.2, 0) is 19.6 Å². The van der Waals surface area contributed by atoms with E-state index < -0.39 is 0 Å². The molecule has 2 aromatic rings. The first-order valence-electron chi connectivity index (χ1n) is 6.21. The van der Waals surface area contributed by atoms with Crippen LogP contribution in [0.25, 0.3) is 0 Å². The van der Waals surface area contributed by atoms with Crippen molar-refractivity contribution in [2.45, 2.75) is 40.4 Å². The highest BCUT2D eigenvalue weighted by molar-refractivity contribution is 5.09. The molecule has 2 rings (SSSR count). The molecule has 5 nitrogen and oxygen atoms in total. The van der Waals surface area contributed by atoms with Gasteiger partial charge in [0.15, 0.2) is 0 Å². The van der Waals surface area contributed by atoms with E-state index in [0.29, 0.717) is 0 Å². The van der Waals surface area contributed by atoms with Crippen LogP contribution in [0.1, 0.15) is 29.8 Å². The average molecular weight is 245 g/mol. The molecule has 0 saturated heterocycles. The number of nitrogens with one attached hydrogen (secondary N) is 1. The van der Waals surface area contributed by atoms with Crippen molar-refractivity contribution in [1.82, 2.24) is 25.1 Å². The van der Waals surface area contributed by atoms with Gasteiger partial charge in [0, 0.05) is 25.8 Å². The molecule has 0 aliphatic rings. The fourth-order valence-electron chi connectivity index (χ4n) is 1.94. The lowest BCUT2D eigenvalue weighted by molar-refractivity contribution is 0.575. The molecule has 0 radical (unpaired) electrons. The Morgan fingerprint density at radius 3 is 2.83 bits per heavy atom. The summed E-state index contributed by atoms with van der Waals surface area (Å²) in [5.41, 5.74) is 3.29. The van der Waals surface area contributed by atoms with Gasteiger partial charge in [-0.05, 0) is 32.9 Å². The highest BCUT2D eigenvalue weighted by Crippen LogP contribution is 2.04. The standard InChI is InChI=1S/C13H19N5/c1-4-18-13(7-10(2)17-18)9-14-8-12-5-6-15-11(3)16-12/h5-7,14H,4,8-9H2,1-3H3. The molecule has 18 heavy (non-hydrogen) atoms. The third kappa shape index (κ3) is 3.13. The summed E-state index contributed by atoms with van der Waals surface area (Å²) < 4.78 is 2.02. The van der Waals surface area contributed by atoms with Crippen LogP contribution >= 0.6 is 0 Å². The van der Waals surface area contributed by atoms with Crippen LogP contribution in [0.5, 0.6) is 0 Å². The number of aromatic nitrogens is 4. The SMILES string of the molecule is CCn1nc(C)cc1CNCc1ccnc(C)n1. The Kier molecular flexibility index (Phi) is 4.04. The molecule has 0 spiro atoms. The van der Waals surface area contributed by atoms with Gasteiger partial charge in [-0.15, -0.1) is 0 Å². The summed E-state index contributed by atoms with van der Waals surface area (Å²) in [6, 6.07) is 4.05. The number of aryl methyl sites for hydroxylation is 3. The maximum Gasteiger partial charge on any atom is 0.125 e. The maximum absolute atomic E-state index is 4.42. The number of rotatable bonds is 5. The lowest BCUT2D eigenvalue weighted by Crippen LogP contribution is -2.17. The van der Waals surface area contributed by atoms with E-state index in [9.17, 15) is 0 Å². The van der Waals surface area contributed by atoms with Gasteiger partial charge in [-0.3, -0.25) is 4.68 Å². The molecule has 0 aliphatic carbocycles. The highest BCUT2D eigenvalue weighted by atomic mass is 15.3. The first kappa shape index (κ1) is 12.7. The first-order chi connectivity index (χ1) is 8.69. The molecule has 2 aromatic heterocycles. The molecular formula is C13H19N5. The predicted molar refractivity (Wildman–Crippen MR) is 70.0 cm³/mol. The van der Waals surface area contributed by atoms with Gasteiger partial charge in [-0.2, -0.15) is 5.10 Å². The second-order valence-corrected chi connectivity index (χ2v) is 4.29. The number of hydrogen-bond donors (Lipinski definition) is 1. The minimum Gasteiger partial charge on any atom is -0.306 e. The van der Waals surface area contributed by atoms with Gasteiger partial charge in [0.2, 0.25) is 0 Å². The van der Waals surface area contributed by atoms with Gasteiger partial charge in [0.25, 0.3) is 0 Å². The highest BCUT2D eigenvalue weighted by Gasteiger charge is 2.03. The van der Waals surface area contributed by atoms with Crippen LogP contribution < -0.4 is 5.32 Å². The summed E-state index contributed by atoms with van der Waals surface area (Å²) in [4.78, 5) is 8.44. The Morgan fingerprint density at radius 2 is 2.11 bits per heavy atom. The molecule has 0 aliphatic heterocycles. The summed E-state index contributed by atoms with van der Waals surface area (Å²) in [7, 11) is 0. The van der Waals surface area contributed by atoms with E-state index >= 15 is 0 Å². The normalized spacial score (nSPS) is 10.8. The first-order valence-corrected chi connectivity index (χ1v) is 6.21. The van der Waals surface area contributed by atoms with Gasteiger partial charge in [0.05, 0.1) is 17.1 Å². The second-order valence-electron chi connectivity index (χ2n) is 4.29. The molecule has 96 valence electrons. The minimum absolute atomic E-state index is 0.747. The summed E-state index contributed by atoms with van der Waals surface area (Å²) in [5, 5.41) is 7.80. The van der Waals surface area contributed by atoms with Gasteiger partial charge in [-0.1, -0.05) is 0 Å². The van der Waals surface area contributed by atoms with Crippen molar-refractivity contribution < 1.29 is 0 Å². The van der Waals surface area contributed by atoms with Crippen molar-refractivity contribution in [2.75, 3.05) is 0 Å². The summed E-state index contributed by atoms with van der Waals surface area (Å²) in [6.45, 7) is 8.47. The Labute approximate surface area is 107 Å². The van der Waals surface area contributed by atoms with E-state index in [1.165, 1.54) is 5.69 Å². The smallest absolute Gasteiger partial charge is 0.125 e. The molecule has 0 amide bonds. The molecule has 0 unspecified atom stereocenters. The Morgan fingerprint density at radius 1 is 1.28 bits per heavy atom. The molecule has 0 atom stereocenters. The quantitative estimate of drug-likeness (QED) is 0.869. The molecule has 0 aromatic carbocycles. The van der Waals surface area contributed by atoms with Crippen LogP contribution in [0.15, 0.2) is 18.3 Å². The molecule has 5 heteroatoms. The van der Waals surface area contributed by atoms with E-state index in [1.807, 2.05) is 24.6 Å². The zero-order chi connectivity index (χ0) is 13.0. The molecule has 0 fully saturated rings. The summed E-state index contributed by atoms with van der Waals surface area (Å²) in [5.74, 6) is 0.809. The van der Waals surface area contributed by atoms with Gasteiger partial charge < -0.3 is 5.32 Å².